The lowest BCUT2D eigenvalue weighted by Gasteiger charge is -2.18. The van der Waals surface area contributed by atoms with Gasteiger partial charge in [-0.3, -0.25) is 14.4 Å². The van der Waals surface area contributed by atoms with E-state index in [-0.39, 0.29) is 24.5 Å². The minimum atomic E-state index is -1.01. The topological polar surface area (TPSA) is 92.7 Å². The van der Waals surface area contributed by atoms with Crippen molar-refractivity contribution in [1.82, 2.24) is 5.32 Å². The fourth-order valence-electron chi connectivity index (χ4n) is 6.69. The number of carbonyl (C=O) groups excluding carboxylic acids is 2. The van der Waals surface area contributed by atoms with Gasteiger partial charge in [-0.25, -0.2) is 0 Å². The Hall–Kier alpha value is -1.85. The number of hydrogen-bond acceptors (Lipinski definition) is 4. The van der Waals surface area contributed by atoms with Crippen molar-refractivity contribution in [3.8, 4) is 0 Å². The average molecular weight is 706 g/mol. The molecule has 1 amide bonds. The third-order valence-electron chi connectivity index (χ3n) is 9.94. The number of esters is 1. The molecule has 0 aromatic heterocycles. The number of allylic oxidation sites excluding steroid dienone is 2. The molecule has 0 fully saturated rings. The van der Waals surface area contributed by atoms with Gasteiger partial charge in [0.25, 0.3) is 0 Å². The summed E-state index contributed by atoms with van der Waals surface area (Å²) < 4.78 is 6.03. The van der Waals surface area contributed by atoms with E-state index in [0.29, 0.717) is 12.8 Å². The first-order valence-corrected chi connectivity index (χ1v) is 21.8. The van der Waals surface area contributed by atoms with Crippen LogP contribution in [0.4, 0.5) is 0 Å². The highest BCUT2D eigenvalue weighted by Gasteiger charge is 2.14. The molecule has 6 heteroatoms. The van der Waals surface area contributed by atoms with Gasteiger partial charge in [0.2, 0.25) is 5.91 Å². The lowest BCUT2D eigenvalue weighted by atomic mass is 10.0. The van der Waals surface area contributed by atoms with E-state index in [0.717, 1.165) is 64.2 Å². The van der Waals surface area contributed by atoms with Crippen LogP contribution < -0.4 is 5.32 Å². The second-order valence-corrected chi connectivity index (χ2v) is 15.0. The molecule has 0 heterocycles. The molecule has 0 saturated heterocycles. The van der Waals surface area contributed by atoms with E-state index in [1.165, 1.54) is 148 Å². The largest absolute Gasteiger partial charge is 0.480 e. The van der Waals surface area contributed by atoms with Gasteiger partial charge >= 0.3 is 11.9 Å². The summed E-state index contributed by atoms with van der Waals surface area (Å²) in [7, 11) is 0. The molecule has 0 radical (unpaired) electrons. The van der Waals surface area contributed by atoms with Gasteiger partial charge in [0.1, 0.15) is 12.6 Å². The van der Waals surface area contributed by atoms with Crippen LogP contribution in [0.2, 0.25) is 0 Å². The zero-order valence-electron chi connectivity index (χ0n) is 33.3. The Kier molecular flexibility index (Phi) is 38.5. The van der Waals surface area contributed by atoms with Crippen LogP contribution in [0.3, 0.4) is 0 Å². The minimum Gasteiger partial charge on any atom is -0.480 e. The van der Waals surface area contributed by atoms with Crippen molar-refractivity contribution in [2.24, 2.45) is 0 Å². The summed E-state index contributed by atoms with van der Waals surface area (Å²) >= 11 is 0. The van der Waals surface area contributed by atoms with Crippen LogP contribution >= 0.6 is 0 Å². The summed E-state index contributed by atoms with van der Waals surface area (Å²) in [6.45, 7) is 4.24. The Morgan fingerprint density at radius 3 is 1.28 bits per heavy atom. The maximum Gasteiger partial charge on any atom is 0.322 e. The van der Waals surface area contributed by atoms with Gasteiger partial charge in [-0.1, -0.05) is 174 Å². The zero-order valence-corrected chi connectivity index (χ0v) is 33.3. The third kappa shape index (κ3) is 38.9. The van der Waals surface area contributed by atoms with Crippen molar-refractivity contribution in [1.29, 1.82) is 0 Å². The van der Waals surface area contributed by atoms with E-state index < -0.39 is 5.97 Å². The van der Waals surface area contributed by atoms with Gasteiger partial charge in [-0.2, -0.15) is 0 Å². The number of carboxylic acids is 1. The third-order valence-corrected chi connectivity index (χ3v) is 9.94. The molecule has 294 valence electrons. The second-order valence-electron chi connectivity index (χ2n) is 15.0. The highest BCUT2D eigenvalue weighted by atomic mass is 16.5. The van der Waals surface area contributed by atoms with Crippen LogP contribution in [-0.4, -0.2) is 35.6 Å². The number of carbonyl (C=O) groups is 3. The summed E-state index contributed by atoms with van der Waals surface area (Å²) in [6.07, 6.45) is 46.2. The normalized spacial score (nSPS) is 12.0. The maximum absolute atomic E-state index is 12.7. The highest BCUT2D eigenvalue weighted by Crippen LogP contribution is 2.19. The van der Waals surface area contributed by atoms with Gasteiger partial charge in [0, 0.05) is 12.8 Å². The first-order chi connectivity index (χ1) is 24.5. The number of nitrogens with one attached hydrogen (secondary N) is 1. The number of carboxylic acid groups (broad SMARTS) is 1. The highest BCUT2D eigenvalue weighted by molar-refractivity contribution is 5.80. The van der Waals surface area contributed by atoms with Crippen LogP contribution in [0.5, 0.6) is 0 Å². The van der Waals surface area contributed by atoms with Gasteiger partial charge in [-0.05, 0) is 64.2 Å². The predicted octanol–water partition coefficient (Wildman–Crippen LogP) is 13.3. The van der Waals surface area contributed by atoms with Crippen molar-refractivity contribution >= 4 is 17.8 Å². The molecule has 50 heavy (non-hydrogen) atoms. The summed E-state index contributed by atoms with van der Waals surface area (Å²) in [6, 6.07) is 0. The molecule has 0 aliphatic heterocycles. The molecule has 0 spiro atoms. The molecule has 2 N–H and O–H groups in total. The Morgan fingerprint density at radius 1 is 0.500 bits per heavy atom. The standard InChI is InChI=1S/C44H83NO5/c1-3-5-7-9-11-13-15-17-18-20-22-24-26-31-35-39-44(49)50-41(37-33-29-27-30-34-38-42(46)45-40-43(47)48)36-32-28-25-23-21-19-16-14-12-10-8-6-4-2/h17-18,41H,3-16,19-40H2,1-2H3,(H,45,46)(H,47,48)/b18-17-. The van der Waals surface area contributed by atoms with E-state index >= 15 is 0 Å². The molecule has 0 aliphatic rings. The summed E-state index contributed by atoms with van der Waals surface area (Å²) in [4.78, 5) is 35.0. The van der Waals surface area contributed by atoms with Crippen LogP contribution in [0.25, 0.3) is 0 Å². The molecule has 1 atom stereocenters. The van der Waals surface area contributed by atoms with E-state index in [9.17, 15) is 14.4 Å². The Labute approximate surface area is 310 Å². The molecule has 0 saturated carbocycles. The number of amides is 1. The lowest BCUT2D eigenvalue weighted by molar-refractivity contribution is -0.150. The fourth-order valence-corrected chi connectivity index (χ4v) is 6.69. The van der Waals surface area contributed by atoms with Crippen molar-refractivity contribution in [3.05, 3.63) is 12.2 Å². The van der Waals surface area contributed by atoms with Gasteiger partial charge in [0.05, 0.1) is 0 Å². The summed E-state index contributed by atoms with van der Waals surface area (Å²) in [5.74, 6) is -1.22. The first kappa shape index (κ1) is 48.1. The molecule has 1 unspecified atom stereocenters. The summed E-state index contributed by atoms with van der Waals surface area (Å²) in [5, 5.41) is 11.1. The fraction of sp³-hybridized carbons (Fsp3) is 0.886. The van der Waals surface area contributed by atoms with E-state index in [4.69, 9.17) is 9.84 Å². The molecule has 0 rings (SSSR count). The minimum absolute atomic E-state index is 0.0188. The number of hydrogen-bond donors (Lipinski definition) is 2. The Bertz CT molecular complexity index is 782. The molecule has 0 bridgehead atoms. The maximum atomic E-state index is 12.7. The number of rotatable bonds is 40. The van der Waals surface area contributed by atoms with Crippen molar-refractivity contribution < 1.29 is 24.2 Å². The van der Waals surface area contributed by atoms with Gasteiger partial charge in [0.15, 0.2) is 0 Å². The van der Waals surface area contributed by atoms with Crippen molar-refractivity contribution in [3.63, 3.8) is 0 Å². The van der Waals surface area contributed by atoms with E-state index in [1.54, 1.807) is 0 Å². The predicted molar refractivity (Wildman–Crippen MR) is 213 cm³/mol. The number of unbranched alkanes of at least 4 members (excludes halogenated alkanes) is 27. The number of aliphatic carboxylic acids is 1. The molecular formula is C44H83NO5. The van der Waals surface area contributed by atoms with Crippen LogP contribution in [-0.2, 0) is 19.1 Å². The molecule has 0 aliphatic carbocycles. The molecule has 0 aromatic carbocycles. The van der Waals surface area contributed by atoms with Gasteiger partial charge in [-0.15, -0.1) is 0 Å². The smallest absolute Gasteiger partial charge is 0.322 e. The SMILES string of the molecule is CCCCCCCC/C=C\CCCCCCCC(=O)OC(CCCCCCCCCCCCCCC)CCCCCCCC(=O)NCC(=O)O. The van der Waals surface area contributed by atoms with Crippen molar-refractivity contribution in [2.75, 3.05) is 6.54 Å². The zero-order chi connectivity index (χ0) is 36.6. The lowest BCUT2D eigenvalue weighted by Crippen LogP contribution is -2.28. The van der Waals surface area contributed by atoms with E-state index in [1.807, 2.05) is 0 Å². The van der Waals surface area contributed by atoms with E-state index in [2.05, 4.69) is 31.3 Å². The quantitative estimate of drug-likeness (QED) is 0.0376. The monoisotopic (exact) mass is 706 g/mol. The Morgan fingerprint density at radius 2 is 0.860 bits per heavy atom. The van der Waals surface area contributed by atoms with Crippen LogP contribution in [0, 0.1) is 0 Å². The van der Waals surface area contributed by atoms with Crippen LogP contribution in [0.1, 0.15) is 239 Å². The second kappa shape index (κ2) is 39.9. The summed E-state index contributed by atoms with van der Waals surface area (Å²) in [5.41, 5.74) is 0. The Balaban J connectivity index is 4.15. The number of ether oxygens (including phenoxy) is 1. The van der Waals surface area contributed by atoms with Gasteiger partial charge < -0.3 is 15.2 Å². The molecule has 0 aromatic rings. The average Bonchev–Trinajstić information content (AvgIpc) is 3.10. The first-order valence-electron chi connectivity index (χ1n) is 21.8. The van der Waals surface area contributed by atoms with Crippen LogP contribution in [0.15, 0.2) is 12.2 Å². The van der Waals surface area contributed by atoms with Crippen molar-refractivity contribution in [2.45, 2.75) is 245 Å². The molecule has 6 nitrogen and oxygen atoms in total. The molecular weight excluding hydrogens is 622 g/mol.